The topological polar surface area (TPSA) is 58.8 Å². The van der Waals surface area contributed by atoms with Crippen LogP contribution in [0.25, 0.3) is 0 Å². The molecule has 1 amide bonds. The molecule has 0 bridgehead atoms. The van der Waals surface area contributed by atoms with Crippen molar-refractivity contribution in [2.45, 2.75) is 20.1 Å². The van der Waals surface area contributed by atoms with Crippen molar-refractivity contribution in [2.75, 3.05) is 26.2 Å². The zero-order valence-corrected chi connectivity index (χ0v) is 19.0. The molecule has 1 aromatic heterocycles. The lowest BCUT2D eigenvalue weighted by Gasteiger charge is -2.34. The Morgan fingerprint density at radius 3 is 2.50 bits per heavy atom. The summed E-state index contributed by atoms with van der Waals surface area (Å²) in [5.41, 5.74) is 1.34. The predicted octanol–water partition coefficient (Wildman–Crippen LogP) is 4.97. The summed E-state index contributed by atoms with van der Waals surface area (Å²) in [5, 5.41) is 5.00. The van der Waals surface area contributed by atoms with Gasteiger partial charge in [0.1, 0.15) is 23.9 Å². The van der Waals surface area contributed by atoms with E-state index < -0.39 is 0 Å². The van der Waals surface area contributed by atoms with Gasteiger partial charge in [0, 0.05) is 48.3 Å². The van der Waals surface area contributed by atoms with Gasteiger partial charge in [-0.1, -0.05) is 34.4 Å². The summed E-state index contributed by atoms with van der Waals surface area (Å²) in [6.07, 6.45) is 0. The van der Waals surface area contributed by atoms with E-state index in [1.165, 1.54) is 6.07 Å². The van der Waals surface area contributed by atoms with Crippen molar-refractivity contribution >= 4 is 29.1 Å². The zero-order valence-electron chi connectivity index (χ0n) is 17.5. The number of amides is 1. The van der Waals surface area contributed by atoms with Crippen LogP contribution >= 0.6 is 23.2 Å². The van der Waals surface area contributed by atoms with Gasteiger partial charge in [0.2, 0.25) is 0 Å². The van der Waals surface area contributed by atoms with Gasteiger partial charge in [-0.25, -0.2) is 4.39 Å². The van der Waals surface area contributed by atoms with E-state index in [-0.39, 0.29) is 24.0 Å². The van der Waals surface area contributed by atoms with Crippen molar-refractivity contribution in [3.8, 4) is 5.75 Å². The number of ether oxygens (including phenoxy) is 1. The molecule has 0 unspecified atom stereocenters. The Balaban J connectivity index is 1.37. The van der Waals surface area contributed by atoms with Crippen LogP contribution in [0.4, 0.5) is 4.39 Å². The number of carbonyl (C=O) groups excluding carboxylic acids is 1. The van der Waals surface area contributed by atoms with Gasteiger partial charge >= 0.3 is 0 Å². The number of aryl methyl sites for hydroxylation is 1. The van der Waals surface area contributed by atoms with Crippen LogP contribution in [0.3, 0.4) is 0 Å². The van der Waals surface area contributed by atoms with Crippen LogP contribution in [-0.4, -0.2) is 47.0 Å². The van der Waals surface area contributed by atoms with Crippen LogP contribution < -0.4 is 4.74 Å². The highest BCUT2D eigenvalue weighted by Crippen LogP contribution is 2.23. The first-order chi connectivity index (χ1) is 15.4. The SMILES string of the molecule is Cc1onc(C(=O)N2CCN(Cc3c(F)cccc3Cl)CC2)c1COc1ccc(Cl)cc1. The highest BCUT2D eigenvalue weighted by molar-refractivity contribution is 6.31. The van der Waals surface area contributed by atoms with Gasteiger partial charge in [0.15, 0.2) is 5.69 Å². The molecule has 168 valence electrons. The van der Waals surface area contributed by atoms with Crippen molar-refractivity contribution in [1.29, 1.82) is 0 Å². The Morgan fingerprint density at radius 2 is 1.81 bits per heavy atom. The molecule has 0 saturated carbocycles. The average Bonchev–Trinajstić information content (AvgIpc) is 3.16. The minimum atomic E-state index is -0.320. The van der Waals surface area contributed by atoms with E-state index in [0.717, 1.165) is 0 Å². The van der Waals surface area contributed by atoms with Crippen molar-refractivity contribution in [1.82, 2.24) is 15.0 Å². The number of hydrogen-bond acceptors (Lipinski definition) is 5. The summed E-state index contributed by atoms with van der Waals surface area (Å²) >= 11 is 12.0. The number of hydrogen-bond donors (Lipinski definition) is 0. The van der Waals surface area contributed by atoms with E-state index in [9.17, 15) is 9.18 Å². The smallest absolute Gasteiger partial charge is 0.276 e. The fourth-order valence-corrected chi connectivity index (χ4v) is 3.93. The first kappa shape index (κ1) is 22.6. The van der Waals surface area contributed by atoms with E-state index in [1.807, 2.05) is 0 Å². The molecule has 2 heterocycles. The Labute approximate surface area is 195 Å². The fraction of sp³-hybridized carbons (Fsp3) is 0.304. The molecule has 1 aliphatic rings. The maximum atomic E-state index is 14.1. The van der Waals surface area contributed by atoms with E-state index in [2.05, 4.69) is 10.1 Å². The van der Waals surface area contributed by atoms with Crippen LogP contribution in [0.1, 0.15) is 27.4 Å². The number of rotatable bonds is 6. The molecule has 2 aromatic carbocycles. The van der Waals surface area contributed by atoms with Gasteiger partial charge in [-0.15, -0.1) is 0 Å². The van der Waals surface area contributed by atoms with Gasteiger partial charge in [-0.3, -0.25) is 9.69 Å². The molecular weight excluding hydrogens is 456 g/mol. The molecule has 4 rings (SSSR count). The molecule has 0 aliphatic carbocycles. The molecular formula is C23H22Cl2FN3O3. The lowest BCUT2D eigenvalue weighted by Crippen LogP contribution is -2.48. The van der Waals surface area contributed by atoms with Gasteiger partial charge < -0.3 is 14.2 Å². The van der Waals surface area contributed by atoms with Crippen molar-refractivity contribution < 1.29 is 18.4 Å². The second-order valence-electron chi connectivity index (χ2n) is 7.58. The van der Waals surface area contributed by atoms with Gasteiger partial charge in [0.25, 0.3) is 5.91 Å². The number of piperazine rings is 1. The standard InChI is InChI=1S/C23H22Cl2FN3O3/c1-15-19(14-31-17-7-5-16(24)6-8-17)22(27-32-15)23(30)29-11-9-28(10-12-29)13-18-20(25)3-2-4-21(18)26/h2-8H,9-14H2,1H3. The minimum Gasteiger partial charge on any atom is -0.489 e. The van der Waals surface area contributed by atoms with Crippen LogP contribution in [0.5, 0.6) is 5.75 Å². The van der Waals surface area contributed by atoms with Crippen LogP contribution in [-0.2, 0) is 13.2 Å². The lowest BCUT2D eigenvalue weighted by atomic mass is 10.1. The fourth-order valence-electron chi connectivity index (χ4n) is 3.58. The number of aromatic nitrogens is 1. The normalized spacial score (nSPS) is 14.6. The Kier molecular flexibility index (Phi) is 6.98. The molecule has 0 spiro atoms. The van der Waals surface area contributed by atoms with E-state index in [1.54, 1.807) is 48.2 Å². The number of benzene rings is 2. The largest absolute Gasteiger partial charge is 0.489 e. The third-order valence-corrected chi connectivity index (χ3v) is 6.09. The first-order valence-corrected chi connectivity index (χ1v) is 11.0. The summed E-state index contributed by atoms with van der Waals surface area (Å²) in [4.78, 5) is 16.9. The minimum absolute atomic E-state index is 0.157. The molecule has 0 N–H and O–H groups in total. The summed E-state index contributed by atoms with van der Waals surface area (Å²) < 4.78 is 25.1. The van der Waals surface area contributed by atoms with Crippen molar-refractivity contribution in [3.63, 3.8) is 0 Å². The monoisotopic (exact) mass is 477 g/mol. The molecule has 32 heavy (non-hydrogen) atoms. The number of nitrogens with zero attached hydrogens (tertiary/aromatic N) is 3. The van der Waals surface area contributed by atoms with E-state index in [4.69, 9.17) is 32.5 Å². The molecule has 1 aliphatic heterocycles. The molecule has 9 heteroatoms. The predicted molar refractivity (Wildman–Crippen MR) is 120 cm³/mol. The number of carbonyl (C=O) groups is 1. The Hall–Kier alpha value is -2.61. The lowest BCUT2D eigenvalue weighted by molar-refractivity contribution is 0.0615. The average molecular weight is 478 g/mol. The van der Waals surface area contributed by atoms with Gasteiger partial charge in [-0.2, -0.15) is 0 Å². The summed E-state index contributed by atoms with van der Waals surface area (Å²) in [6.45, 7) is 4.50. The first-order valence-electron chi connectivity index (χ1n) is 10.2. The third-order valence-electron chi connectivity index (χ3n) is 5.49. The van der Waals surface area contributed by atoms with Gasteiger partial charge in [-0.05, 0) is 43.3 Å². The Bertz CT molecular complexity index is 1080. The number of halogens is 3. The van der Waals surface area contributed by atoms with Crippen LogP contribution in [0.15, 0.2) is 47.0 Å². The molecule has 1 fully saturated rings. The second-order valence-corrected chi connectivity index (χ2v) is 8.42. The summed E-state index contributed by atoms with van der Waals surface area (Å²) in [7, 11) is 0. The van der Waals surface area contributed by atoms with Gasteiger partial charge in [0.05, 0.1) is 5.56 Å². The molecule has 0 atom stereocenters. The zero-order chi connectivity index (χ0) is 22.7. The van der Waals surface area contributed by atoms with E-state index >= 15 is 0 Å². The molecule has 1 saturated heterocycles. The van der Waals surface area contributed by atoms with Crippen molar-refractivity contribution in [2.24, 2.45) is 0 Å². The van der Waals surface area contributed by atoms with Crippen molar-refractivity contribution in [3.05, 3.63) is 80.9 Å². The highest BCUT2D eigenvalue weighted by atomic mass is 35.5. The second kappa shape index (κ2) is 9.90. The van der Waals surface area contributed by atoms with Crippen LogP contribution in [0, 0.1) is 12.7 Å². The molecule has 3 aromatic rings. The highest BCUT2D eigenvalue weighted by Gasteiger charge is 2.28. The molecule has 6 nitrogen and oxygen atoms in total. The maximum absolute atomic E-state index is 14.1. The Morgan fingerprint density at radius 1 is 1.09 bits per heavy atom. The van der Waals surface area contributed by atoms with Crippen LogP contribution in [0.2, 0.25) is 10.0 Å². The quantitative estimate of drug-likeness (QED) is 0.501. The maximum Gasteiger partial charge on any atom is 0.276 e. The molecule has 0 radical (unpaired) electrons. The van der Waals surface area contributed by atoms with E-state index in [0.29, 0.717) is 65.4 Å². The summed E-state index contributed by atoms with van der Waals surface area (Å²) in [5.74, 6) is 0.642. The third kappa shape index (κ3) is 5.06. The summed E-state index contributed by atoms with van der Waals surface area (Å²) in [6, 6.07) is 11.7.